The molecule has 144 valence electrons. The molecule has 3 heterocycles. The molecule has 8 nitrogen and oxygen atoms in total. The zero-order valence-electron chi connectivity index (χ0n) is 15.6. The van der Waals surface area contributed by atoms with Crippen molar-refractivity contribution in [2.45, 2.75) is 32.2 Å². The fraction of sp³-hybridized carbons (Fsp3) is 0.300. The fourth-order valence-electron chi connectivity index (χ4n) is 3.65. The van der Waals surface area contributed by atoms with Crippen LogP contribution >= 0.6 is 0 Å². The molecule has 1 aliphatic rings. The Hall–Kier alpha value is -3.42. The summed E-state index contributed by atoms with van der Waals surface area (Å²) in [5.41, 5.74) is 8.83. The number of pyridine rings is 1. The summed E-state index contributed by atoms with van der Waals surface area (Å²) in [6.07, 6.45) is 5.93. The second-order valence-electron chi connectivity index (χ2n) is 7.11. The van der Waals surface area contributed by atoms with Gasteiger partial charge in [-0.3, -0.25) is 14.7 Å². The number of fused-ring (bicyclic) bond motifs is 1. The SMILES string of the molecule is Cc1cc(NC(=O)C(=O)N2CCCC[C@H]2c2ccc3cn[nH]c3c2)cnc1N. The van der Waals surface area contributed by atoms with Gasteiger partial charge < -0.3 is 16.0 Å². The van der Waals surface area contributed by atoms with Gasteiger partial charge in [-0.25, -0.2) is 4.98 Å². The average molecular weight is 378 g/mol. The summed E-state index contributed by atoms with van der Waals surface area (Å²) in [5, 5.41) is 10.7. The molecule has 2 amide bonds. The molecule has 0 unspecified atom stereocenters. The molecule has 1 aromatic carbocycles. The van der Waals surface area contributed by atoms with E-state index in [0.717, 1.165) is 41.3 Å². The number of hydrogen-bond acceptors (Lipinski definition) is 5. The number of amides is 2. The van der Waals surface area contributed by atoms with E-state index in [2.05, 4.69) is 20.5 Å². The second kappa shape index (κ2) is 7.30. The Morgan fingerprint density at radius 2 is 2.11 bits per heavy atom. The molecule has 0 spiro atoms. The van der Waals surface area contributed by atoms with Crippen LogP contribution in [0.5, 0.6) is 0 Å². The molecule has 8 heteroatoms. The predicted octanol–water partition coefficient (Wildman–Crippen LogP) is 2.54. The number of nitrogens with one attached hydrogen (secondary N) is 2. The van der Waals surface area contributed by atoms with E-state index < -0.39 is 11.8 Å². The van der Waals surface area contributed by atoms with Crippen LogP contribution in [0, 0.1) is 6.92 Å². The lowest BCUT2D eigenvalue weighted by Crippen LogP contribution is -2.44. The number of nitrogens with zero attached hydrogens (tertiary/aromatic N) is 3. The van der Waals surface area contributed by atoms with Gasteiger partial charge in [0.15, 0.2) is 0 Å². The number of aryl methyl sites for hydroxylation is 1. The number of rotatable bonds is 2. The van der Waals surface area contributed by atoms with Crippen molar-refractivity contribution < 1.29 is 9.59 Å². The topological polar surface area (TPSA) is 117 Å². The molecular formula is C20H22N6O2. The first-order valence-electron chi connectivity index (χ1n) is 9.30. The van der Waals surface area contributed by atoms with Crippen LogP contribution in [0.1, 0.15) is 36.4 Å². The lowest BCUT2D eigenvalue weighted by molar-refractivity contribution is -0.145. The number of H-pyrrole nitrogens is 1. The van der Waals surface area contributed by atoms with E-state index >= 15 is 0 Å². The largest absolute Gasteiger partial charge is 0.383 e. The van der Waals surface area contributed by atoms with Crippen LogP contribution in [0.25, 0.3) is 10.9 Å². The highest BCUT2D eigenvalue weighted by molar-refractivity contribution is 6.39. The Morgan fingerprint density at radius 1 is 1.25 bits per heavy atom. The highest BCUT2D eigenvalue weighted by atomic mass is 16.2. The zero-order valence-corrected chi connectivity index (χ0v) is 15.6. The average Bonchev–Trinajstić information content (AvgIpc) is 3.18. The minimum absolute atomic E-state index is 0.133. The molecule has 2 aromatic heterocycles. The second-order valence-corrected chi connectivity index (χ2v) is 7.11. The number of anilines is 2. The molecule has 0 aliphatic carbocycles. The maximum absolute atomic E-state index is 12.9. The lowest BCUT2D eigenvalue weighted by Gasteiger charge is -2.35. The highest BCUT2D eigenvalue weighted by Crippen LogP contribution is 2.32. The van der Waals surface area contributed by atoms with E-state index in [9.17, 15) is 9.59 Å². The third-order valence-corrected chi connectivity index (χ3v) is 5.19. The molecular weight excluding hydrogens is 356 g/mol. The van der Waals surface area contributed by atoms with Crippen molar-refractivity contribution in [2.24, 2.45) is 0 Å². The van der Waals surface area contributed by atoms with Gasteiger partial charge in [0.2, 0.25) is 0 Å². The zero-order chi connectivity index (χ0) is 19.7. The van der Waals surface area contributed by atoms with E-state index in [1.807, 2.05) is 18.2 Å². The normalized spacial score (nSPS) is 16.9. The monoisotopic (exact) mass is 378 g/mol. The molecule has 0 bridgehead atoms. The van der Waals surface area contributed by atoms with Gasteiger partial charge in [0.25, 0.3) is 0 Å². The number of carbonyl (C=O) groups is 2. The van der Waals surface area contributed by atoms with E-state index in [0.29, 0.717) is 18.1 Å². The van der Waals surface area contributed by atoms with Gasteiger partial charge in [-0.2, -0.15) is 5.10 Å². The Bertz CT molecular complexity index is 1040. The van der Waals surface area contributed by atoms with Crippen molar-refractivity contribution in [1.29, 1.82) is 0 Å². The molecule has 4 rings (SSSR count). The first-order valence-corrected chi connectivity index (χ1v) is 9.30. The molecule has 28 heavy (non-hydrogen) atoms. The highest BCUT2D eigenvalue weighted by Gasteiger charge is 2.32. The van der Waals surface area contributed by atoms with Crippen LogP contribution in [0.3, 0.4) is 0 Å². The summed E-state index contributed by atoms with van der Waals surface area (Å²) < 4.78 is 0. The maximum Gasteiger partial charge on any atom is 0.313 e. The van der Waals surface area contributed by atoms with Crippen LogP contribution < -0.4 is 11.1 Å². The van der Waals surface area contributed by atoms with Crippen LogP contribution in [-0.2, 0) is 9.59 Å². The van der Waals surface area contributed by atoms with Crippen LogP contribution in [0.4, 0.5) is 11.5 Å². The quantitative estimate of drug-likeness (QED) is 0.593. The molecule has 1 saturated heterocycles. The minimum Gasteiger partial charge on any atom is -0.383 e. The van der Waals surface area contributed by atoms with Gasteiger partial charge in [0, 0.05) is 11.9 Å². The van der Waals surface area contributed by atoms with E-state index in [1.165, 1.54) is 6.20 Å². The van der Waals surface area contributed by atoms with Crippen molar-refractivity contribution in [2.75, 3.05) is 17.6 Å². The number of aromatic nitrogens is 3. The summed E-state index contributed by atoms with van der Waals surface area (Å²) in [4.78, 5) is 31.2. The summed E-state index contributed by atoms with van der Waals surface area (Å²) in [6.45, 7) is 2.35. The standard InChI is InChI=1S/C20H22N6O2/c1-12-8-15(11-22-18(12)21)24-19(27)20(28)26-7-3-2-4-17(26)13-5-6-14-10-23-25-16(14)9-13/h5-6,8-11,17H,2-4,7H2,1H3,(H2,21,22)(H,23,25)(H,24,27)/t17-/m0/s1. The van der Waals surface area contributed by atoms with Gasteiger partial charge in [0.05, 0.1) is 29.6 Å². The Balaban J connectivity index is 1.55. The Labute approximate surface area is 162 Å². The predicted molar refractivity (Wildman–Crippen MR) is 106 cm³/mol. The molecule has 0 radical (unpaired) electrons. The first-order chi connectivity index (χ1) is 13.5. The van der Waals surface area contributed by atoms with Gasteiger partial charge >= 0.3 is 11.8 Å². The van der Waals surface area contributed by atoms with Crippen LogP contribution in [-0.4, -0.2) is 38.4 Å². The number of benzene rings is 1. The summed E-state index contributed by atoms with van der Waals surface area (Å²) in [5.74, 6) is -0.806. The van der Waals surface area contributed by atoms with Gasteiger partial charge in [-0.05, 0) is 49.4 Å². The lowest BCUT2D eigenvalue weighted by atomic mass is 9.94. The molecule has 1 fully saturated rings. The molecule has 3 aromatic rings. The minimum atomic E-state index is -0.666. The fourth-order valence-corrected chi connectivity index (χ4v) is 3.65. The maximum atomic E-state index is 12.9. The van der Waals surface area contributed by atoms with Gasteiger partial charge in [0.1, 0.15) is 5.82 Å². The number of carbonyl (C=O) groups excluding carboxylic acids is 2. The van der Waals surface area contributed by atoms with Crippen LogP contribution in [0.2, 0.25) is 0 Å². The number of hydrogen-bond donors (Lipinski definition) is 3. The Morgan fingerprint density at radius 3 is 2.93 bits per heavy atom. The number of nitrogens with two attached hydrogens (primary N) is 1. The smallest absolute Gasteiger partial charge is 0.313 e. The molecule has 1 atom stereocenters. The van der Waals surface area contributed by atoms with E-state index in [1.54, 1.807) is 24.1 Å². The first kappa shape index (κ1) is 18.0. The van der Waals surface area contributed by atoms with Crippen molar-refractivity contribution in [1.82, 2.24) is 20.1 Å². The van der Waals surface area contributed by atoms with E-state index in [-0.39, 0.29) is 6.04 Å². The summed E-state index contributed by atoms with van der Waals surface area (Å²) in [7, 11) is 0. The molecule has 4 N–H and O–H groups in total. The van der Waals surface area contributed by atoms with Gasteiger partial charge in [-0.1, -0.05) is 12.1 Å². The van der Waals surface area contributed by atoms with Crippen molar-refractivity contribution in [3.63, 3.8) is 0 Å². The van der Waals surface area contributed by atoms with Crippen molar-refractivity contribution in [3.8, 4) is 0 Å². The number of aromatic amines is 1. The van der Waals surface area contributed by atoms with E-state index in [4.69, 9.17) is 5.73 Å². The molecule has 1 aliphatic heterocycles. The summed E-state index contributed by atoms with van der Waals surface area (Å²) >= 11 is 0. The summed E-state index contributed by atoms with van der Waals surface area (Å²) in [6, 6.07) is 7.55. The van der Waals surface area contributed by atoms with Crippen molar-refractivity contribution >= 4 is 34.2 Å². The molecule has 0 saturated carbocycles. The number of piperidine rings is 1. The van der Waals surface area contributed by atoms with Gasteiger partial charge in [-0.15, -0.1) is 0 Å². The Kier molecular flexibility index (Phi) is 4.68. The number of nitrogen functional groups attached to an aromatic ring is 1. The number of likely N-dealkylation sites (tertiary alicyclic amines) is 1. The third kappa shape index (κ3) is 3.40. The third-order valence-electron chi connectivity index (χ3n) is 5.19. The van der Waals surface area contributed by atoms with Crippen LogP contribution in [0.15, 0.2) is 36.7 Å². The van der Waals surface area contributed by atoms with Crippen molar-refractivity contribution in [3.05, 3.63) is 47.8 Å².